The highest BCUT2D eigenvalue weighted by molar-refractivity contribution is 5.67. The summed E-state index contributed by atoms with van der Waals surface area (Å²) in [5, 5.41) is 5.67. The number of halogens is 2. The summed E-state index contributed by atoms with van der Waals surface area (Å²) in [6.45, 7) is 6.46. The van der Waals surface area contributed by atoms with E-state index in [1.165, 1.54) is 6.07 Å². The van der Waals surface area contributed by atoms with Gasteiger partial charge in [-0.2, -0.15) is 0 Å². The van der Waals surface area contributed by atoms with Crippen molar-refractivity contribution in [1.82, 2.24) is 10.6 Å². The van der Waals surface area contributed by atoms with Crippen LogP contribution in [0, 0.1) is 11.6 Å². The van der Waals surface area contributed by atoms with Gasteiger partial charge in [-0.05, 0) is 74.8 Å². The Kier molecular flexibility index (Phi) is 7.34. The van der Waals surface area contributed by atoms with Crippen molar-refractivity contribution in [1.29, 1.82) is 0 Å². The zero-order valence-electron chi connectivity index (χ0n) is 16.6. The Morgan fingerprint density at radius 1 is 1.04 bits per heavy atom. The number of ether oxygens (including phenoxy) is 2. The molecule has 28 heavy (non-hydrogen) atoms. The fourth-order valence-corrected chi connectivity index (χ4v) is 2.53. The normalized spacial score (nSPS) is 11.2. The van der Waals surface area contributed by atoms with Crippen molar-refractivity contribution in [2.24, 2.45) is 0 Å². The molecule has 2 N–H and O–H groups in total. The molecule has 0 aliphatic carbocycles. The fourth-order valence-electron chi connectivity index (χ4n) is 2.53. The van der Waals surface area contributed by atoms with Gasteiger partial charge in [-0.15, -0.1) is 0 Å². The van der Waals surface area contributed by atoms with Crippen LogP contribution in [0.1, 0.15) is 26.3 Å². The van der Waals surface area contributed by atoms with Gasteiger partial charge >= 0.3 is 6.09 Å². The minimum absolute atomic E-state index is 0.236. The quantitative estimate of drug-likeness (QED) is 0.692. The topological polar surface area (TPSA) is 59.6 Å². The maximum atomic E-state index is 13.6. The lowest BCUT2D eigenvalue weighted by atomic mass is 10.0. The van der Waals surface area contributed by atoms with E-state index in [-0.39, 0.29) is 13.2 Å². The zero-order valence-corrected chi connectivity index (χ0v) is 16.6. The number of nitrogens with one attached hydrogen (secondary N) is 2. The summed E-state index contributed by atoms with van der Waals surface area (Å²) >= 11 is 0. The van der Waals surface area contributed by atoms with Gasteiger partial charge in [0.1, 0.15) is 18.0 Å². The van der Waals surface area contributed by atoms with E-state index in [0.717, 1.165) is 17.7 Å². The minimum Gasteiger partial charge on any atom is -0.492 e. The second-order valence-corrected chi connectivity index (χ2v) is 7.30. The van der Waals surface area contributed by atoms with Gasteiger partial charge in [-0.25, -0.2) is 13.6 Å². The Bertz CT molecular complexity index is 820. The molecule has 2 rings (SSSR count). The molecule has 0 radical (unpaired) electrons. The van der Waals surface area contributed by atoms with Gasteiger partial charge < -0.3 is 20.1 Å². The minimum atomic E-state index is -0.902. The Balaban J connectivity index is 2.06. The van der Waals surface area contributed by atoms with Crippen molar-refractivity contribution in [2.75, 3.05) is 20.2 Å². The van der Waals surface area contributed by atoms with Gasteiger partial charge in [-0.3, -0.25) is 0 Å². The number of carbonyl (C=O) groups is 1. The number of rotatable bonds is 7. The molecule has 0 bridgehead atoms. The molecule has 0 unspecified atom stereocenters. The third-order valence-corrected chi connectivity index (χ3v) is 3.64. The van der Waals surface area contributed by atoms with Gasteiger partial charge in [0.2, 0.25) is 0 Å². The van der Waals surface area contributed by atoms with E-state index in [9.17, 15) is 13.6 Å². The van der Waals surface area contributed by atoms with E-state index < -0.39 is 23.3 Å². The number of hydrogen-bond acceptors (Lipinski definition) is 4. The smallest absolute Gasteiger partial charge is 0.407 e. The second kappa shape index (κ2) is 9.50. The van der Waals surface area contributed by atoms with Crippen LogP contribution in [-0.4, -0.2) is 31.9 Å². The Labute approximate surface area is 164 Å². The van der Waals surface area contributed by atoms with E-state index >= 15 is 0 Å². The van der Waals surface area contributed by atoms with Gasteiger partial charge in [0.25, 0.3) is 0 Å². The van der Waals surface area contributed by atoms with Crippen molar-refractivity contribution < 1.29 is 23.0 Å². The van der Waals surface area contributed by atoms with E-state index in [2.05, 4.69) is 10.6 Å². The van der Waals surface area contributed by atoms with Gasteiger partial charge in [-0.1, -0.05) is 6.07 Å². The van der Waals surface area contributed by atoms with Crippen LogP contribution in [0.3, 0.4) is 0 Å². The standard InChI is InChI=1S/C21H26F2N2O3/c1-21(2,3)28-20(26)25-7-8-27-17-10-14(13-24-4)9-16(11-17)15-5-6-18(22)19(23)12-15/h5-6,9-12,24H,7-8,13H2,1-4H3,(H,25,26). The molecule has 1 amide bonds. The molecule has 0 aromatic heterocycles. The van der Waals surface area contributed by atoms with Crippen LogP contribution in [0.25, 0.3) is 11.1 Å². The summed E-state index contributed by atoms with van der Waals surface area (Å²) < 4.78 is 37.7. The van der Waals surface area contributed by atoms with Crippen LogP contribution in [0.15, 0.2) is 36.4 Å². The lowest BCUT2D eigenvalue weighted by Gasteiger charge is -2.19. The van der Waals surface area contributed by atoms with Crippen LogP contribution in [0.2, 0.25) is 0 Å². The molecule has 0 aliphatic rings. The lowest BCUT2D eigenvalue weighted by molar-refractivity contribution is 0.0520. The van der Waals surface area contributed by atoms with Crippen molar-refractivity contribution in [3.8, 4) is 16.9 Å². The molecular formula is C21H26F2N2O3. The maximum absolute atomic E-state index is 13.6. The zero-order chi connectivity index (χ0) is 20.7. The molecule has 0 saturated carbocycles. The van der Waals surface area contributed by atoms with E-state index in [0.29, 0.717) is 23.4 Å². The number of benzene rings is 2. The molecule has 0 fully saturated rings. The molecule has 7 heteroatoms. The maximum Gasteiger partial charge on any atom is 0.407 e. The first-order valence-electron chi connectivity index (χ1n) is 9.01. The lowest BCUT2D eigenvalue weighted by Crippen LogP contribution is -2.34. The third kappa shape index (κ3) is 6.81. The van der Waals surface area contributed by atoms with Crippen molar-refractivity contribution >= 4 is 6.09 Å². The summed E-state index contributed by atoms with van der Waals surface area (Å²) in [6, 6.07) is 9.26. The van der Waals surface area contributed by atoms with Crippen LogP contribution >= 0.6 is 0 Å². The number of amides is 1. The molecule has 0 heterocycles. The first-order valence-corrected chi connectivity index (χ1v) is 9.01. The highest BCUT2D eigenvalue weighted by Crippen LogP contribution is 2.27. The average molecular weight is 392 g/mol. The van der Waals surface area contributed by atoms with E-state index in [4.69, 9.17) is 9.47 Å². The van der Waals surface area contributed by atoms with Gasteiger partial charge in [0, 0.05) is 6.54 Å². The molecule has 0 spiro atoms. The first-order chi connectivity index (χ1) is 13.2. The first kappa shape index (κ1) is 21.6. The van der Waals surface area contributed by atoms with Crippen molar-refractivity contribution in [3.05, 3.63) is 53.6 Å². The summed E-state index contributed by atoms with van der Waals surface area (Å²) in [6.07, 6.45) is -0.512. The monoisotopic (exact) mass is 392 g/mol. The highest BCUT2D eigenvalue weighted by atomic mass is 19.2. The number of hydrogen-bond donors (Lipinski definition) is 2. The number of carbonyl (C=O) groups excluding carboxylic acids is 1. The molecule has 2 aromatic carbocycles. The Hall–Kier alpha value is -2.67. The molecule has 5 nitrogen and oxygen atoms in total. The van der Waals surface area contributed by atoms with Crippen LogP contribution in [0.4, 0.5) is 13.6 Å². The molecule has 0 saturated heterocycles. The van der Waals surface area contributed by atoms with Gasteiger partial charge in [0.05, 0.1) is 6.54 Å². The molecule has 2 aromatic rings. The molecule has 152 valence electrons. The second-order valence-electron chi connectivity index (χ2n) is 7.30. The molecule has 0 atom stereocenters. The summed E-state index contributed by atoms with van der Waals surface area (Å²) in [7, 11) is 1.81. The fraction of sp³-hybridized carbons (Fsp3) is 0.381. The van der Waals surface area contributed by atoms with Gasteiger partial charge in [0.15, 0.2) is 11.6 Å². The van der Waals surface area contributed by atoms with Crippen LogP contribution < -0.4 is 15.4 Å². The van der Waals surface area contributed by atoms with Crippen LogP contribution in [-0.2, 0) is 11.3 Å². The molecular weight excluding hydrogens is 366 g/mol. The van der Waals surface area contributed by atoms with E-state index in [1.807, 2.05) is 19.2 Å². The average Bonchev–Trinajstić information content (AvgIpc) is 2.60. The predicted molar refractivity (Wildman–Crippen MR) is 104 cm³/mol. The summed E-state index contributed by atoms with van der Waals surface area (Å²) in [5.41, 5.74) is 1.63. The van der Waals surface area contributed by atoms with Crippen LogP contribution in [0.5, 0.6) is 5.75 Å². The predicted octanol–water partition coefficient (Wildman–Crippen LogP) is 4.25. The van der Waals surface area contributed by atoms with Crippen molar-refractivity contribution in [2.45, 2.75) is 32.9 Å². The highest BCUT2D eigenvalue weighted by Gasteiger charge is 2.15. The molecule has 0 aliphatic heterocycles. The third-order valence-electron chi connectivity index (χ3n) is 3.64. The Morgan fingerprint density at radius 2 is 1.79 bits per heavy atom. The van der Waals surface area contributed by atoms with E-state index in [1.54, 1.807) is 26.8 Å². The Morgan fingerprint density at radius 3 is 2.43 bits per heavy atom. The van der Waals surface area contributed by atoms with Crippen molar-refractivity contribution in [3.63, 3.8) is 0 Å². The largest absolute Gasteiger partial charge is 0.492 e. The SMILES string of the molecule is CNCc1cc(OCCNC(=O)OC(C)(C)C)cc(-c2ccc(F)c(F)c2)c1. The number of alkyl carbamates (subject to hydrolysis) is 1. The summed E-state index contributed by atoms with van der Waals surface area (Å²) in [5.74, 6) is -1.22. The summed E-state index contributed by atoms with van der Waals surface area (Å²) in [4.78, 5) is 11.6.